The second kappa shape index (κ2) is 8.21. The lowest BCUT2D eigenvalue weighted by molar-refractivity contribution is -0.137. The van der Waals surface area contributed by atoms with E-state index in [-0.39, 0.29) is 5.56 Å². The zero-order valence-electron chi connectivity index (χ0n) is 20.5. The Morgan fingerprint density at radius 1 is 1.13 bits per heavy atom. The molecule has 5 rings (SSSR count). The average Bonchev–Trinajstić information content (AvgIpc) is 3.47. The van der Waals surface area contributed by atoms with Gasteiger partial charge < -0.3 is 24.1 Å². The van der Waals surface area contributed by atoms with E-state index in [1.54, 1.807) is 18.3 Å². The minimum atomic E-state index is -9.84. The van der Waals surface area contributed by atoms with Crippen LogP contribution in [0.15, 0.2) is 70.6 Å². The van der Waals surface area contributed by atoms with Crippen LogP contribution in [-0.4, -0.2) is 45.7 Å². The fourth-order valence-corrected chi connectivity index (χ4v) is 5.37. The maximum atomic E-state index is 13.2. The molecular formula is C25H25F5N4O3S. The molecule has 3 heterocycles. The number of aryl methyl sites for hydroxylation is 1. The van der Waals surface area contributed by atoms with Gasteiger partial charge in [-0.05, 0) is 61.2 Å². The fourth-order valence-electron chi connectivity index (χ4n) is 4.72. The first-order chi connectivity index (χ1) is 17.7. The molecule has 2 aliphatic rings. The molecule has 2 aromatic carbocycles. The number of amidine groups is 1. The van der Waals surface area contributed by atoms with Gasteiger partial charge in [-0.2, -0.15) is 0 Å². The van der Waals surface area contributed by atoms with E-state index in [9.17, 15) is 24.5 Å². The molecule has 0 spiro atoms. The van der Waals surface area contributed by atoms with E-state index in [2.05, 4.69) is 10.1 Å². The Labute approximate surface area is 215 Å². The first-order valence-electron chi connectivity index (χ1n) is 11.6. The second-order valence-corrected chi connectivity index (χ2v) is 11.6. The number of nitrogens with zero attached hydrogens (tertiary/aromatic N) is 4. The van der Waals surface area contributed by atoms with Gasteiger partial charge >= 0.3 is 10.2 Å². The van der Waals surface area contributed by atoms with E-state index < -0.39 is 27.5 Å². The number of imidazole rings is 1. The number of aliphatic hydroxyl groups excluding tert-OH is 1. The van der Waals surface area contributed by atoms with Crippen molar-refractivity contribution in [3.05, 3.63) is 77.4 Å². The van der Waals surface area contributed by atoms with Crippen molar-refractivity contribution in [2.45, 2.75) is 30.4 Å². The Kier molecular flexibility index (Phi) is 5.63. The molecule has 3 aromatic rings. The summed E-state index contributed by atoms with van der Waals surface area (Å²) in [7, 11) is -8.27. The van der Waals surface area contributed by atoms with Crippen molar-refractivity contribution in [1.82, 2.24) is 14.5 Å². The summed E-state index contributed by atoms with van der Waals surface area (Å²) in [6.45, 7) is 1.62. The van der Waals surface area contributed by atoms with E-state index in [1.165, 1.54) is 0 Å². The van der Waals surface area contributed by atoms with E-state index in [1.807, 2.05) is 42.0 Å². The molecule has 1 fully saturated rings. The summed E-state index contributed by atoms with van der Waals surface area (Å²) in [6.07, 6.45) is 6.73. The molecular weight excluding hydrogens is 531 g/mol. The van der Waals surface area contributed by atoms with Crippen molar-refractivity contribution < 1.29 is 34.1 Å². The first-order valence-corrected chi connectivity index (χ1v) is 13.6. The van der Waals surface area contributed by atoms with Crippen molar-refractivity contribution in [3.63, 3.8) is 0 Å². The van der Waals surface area contributed by atoms with Crippen LogP contribution >= 0.6 is 10.2 Å². The van der Waals surface area contributed by atoms with Crippen molar-refractivity contribution in [2.24, 2.45) is 5.16 Å². The number of rotatable bonds is 6. The summed E-state index contributed by atoms with van der Waals surface area (Å²) >= 11 is 0. The molecule has 0 radical (unpaired) electrons. The van der Waals surface area contributed by atoms with Gasteiger partial charge in [0.25, 0.3) is 5.72 Å². The van der Waals surface area contributed by atoms with Crippen LogP contribution < -0.4 is 4.74 Å². The number of benzene rings is 2. The normalized spacial score (nSPS) is 22.4. The zero-order chi connectivity index (χ0) is 27.4. The van der Waals surface area contributed by atoms with E-state index in [4.69, 9.17) is 9.57 Å². The number of aliphatic hydroxyl groups is 1. The molecule has 1 saturated heterocycles. The molecule has 2 aliphatic heterocycles. The molecule has 1 aromatic heterocycles. The number of fused-ring (bicyclic) bond motifs is 1. The molecule has 38 heavy (non-hydrogen) atoms. The smallest absolute Gasteiger partial charge is 0.310 e. The van der Waals surface area contributed by atoms with Crippen LogP contribution in [0.25, 0.3) is 11.8 Å². The lowest BCUT2D eigenvalue weighted by Gasteiger charge is -2.41. The third kappa shape index (κ3) is 4.60. The summed E-state index contributed by atoms with van der Waals surface area (Å²) in [5.74, 6) is 1.03. The van der Waals surface area contributed by atoms with E-state index in [0.717, 1.165) is 34.7 Å². The zero-order valence-corrected chi connectivity index (χ0v) is 21.3. The Hall–Kier alpha value is -3.58. The quantitative estimate of drug-likeness (QED) is 0.350. The monoisotopic (exact) mass is 556 g/mol. The summed E-state index contributed by atoms with van der Waals surface area (Å²) in [5.41, 5.74) is 1.69. The van der Waals surface area contributed by atoms with Crippen LogP contribution in [0.4, 0.5) is 19.4 Å². The maximum absolute atomic E-state index is 13.2. The summed E-state index contributed by atoms with van der Waals surface area (Å²) in [4.78, 5) is 9.50. The topological polar surface area (TPSA) is 72.1 Å². The SMILES string of the molecule is COc1cc(C=C2CCCN3C2=NOC3(CO)c2ccc(S(F)(F)(F)(F)F)cc2)ccc1-n1cnc(C)c1. The Balaban J connectivity index is 1.46. The summed E-state index contributed by atoms with van der Waals surface area (Å²) in [5, 5.41) is 14.4. The van der Waals surface area contributed by atoms with Crippen molar-refractivity contribution in [3.8, 4) is 11.4 Å². The minimum Gasteiger partial charge on any atom is -0.495 e. The molecule has 13 heteroatoms. The number of hydrogen-bond acceptors (Lipinski definition) is 6. The molecule has 0 bridgehead atoms. The van der Waals surface area contributed by atoms with Crippen LogP contribution in [0.5, 0.6) is 5.75 Å². The van der Waals surface area contributed by atoms with Gasteiger partial charge in [0, 0.05) is 18.3 Å². The predicted octanol–water partition coefficient (Wildman–Crippen LogP) is 6.51. The highest BCUT2D eigenvalue weighted by Crippen LogP contribution is 3.02. The van der Waals surface area contributed by atoms with Gasteiger partial charge in [-0.25, -0.2) is 4.98 Å². The van der Waals surface area contributed by atoms with E-state index in [0.29, 0.717) is 43.1 Å². The van der Waals surface area contributed by atoms with Gasteiger partial charge in [0.2, 0.25) is 0 Å². The Morgan fingerprint density at radius 3 is 2.47 bits per heavy atom. The number of aromatic nitrogens is 2. The standard InChI is InChI=1S/C25H25F5N4O3S/c1-17-14-33(16-31-17)22-10-5-18(13-23(22)36-2)12-19-4-3-11-34-24(19)32-37-25(34,15-35)20-6-8-21(9-7-20)38(26,27,28,29)30/h5-10,12-14,16,35H,3-4,11,15H2,1-2H3. The van der Waals surface area contributed by atoms with Gasteiger partial charge in [-0.1, -0.05) is 42.8 Å². The number of ether oxygens (including phenoxy) is 1. The van der Waals surface area contributed by atoms with Gasteiger partial charge in [-0.3, -0.25) is 0 Å². The van der Waals surface area contributed by atoms with Gasteiger partial charge in [-0.15, -0.1) is 0 Å². The summed E-state index contributed by atoms with van der Waals surface area (Å²) in [6, 6.07) is 8.04. The highest BCUT2D eigenvalue weighted by atomic mass is 32.5. The van der Waals surface area contributed by atoms with Crippen molar-refractivity contribution in [1.29, 1.82) is 0 Å². The molecule has 204 valence electrons. The van der Waals surface area contributed by atoms with Gasteiger partial charge in [0.05, 0.1) is 24.8 Å². The maximum Gasteiger partial charge on any atom is 0.310 e. The molecule has 1 N–H and O–H groups in total. The van der Waals surface area contributed by atoms with Gasteiger partial charge in [0.15, 0.2) is 5.84 Å². The molecule has 7 nitrogen and oxygen atoms in total. The minimum absolute atomic E-state index is 0.0762. The first kappa shape index (κ1) is 26.0. The third-order valence-electron chi connectivity index (χ3n) is 6.59. The molecule has 0 saturated carbocycles. The van der Waals surface area contributed by atoms with Gasteiger partial charge in [0.1, 0.15) is 17.3 Å². The second-order valence-electron chi connectivity index (χ2n) is 9.22. The average molecular weight is 557 g/mol. The number of methoxy groups -OCH3 is 1. The molecule has 0 amide bonds. The predicted molar refractivity (Wildman–Crippen MR) is 134 cm³/mol. The number of halogens is 5. The third-order valence-corrected chi connectivity index (χ3v) is 7.75. The van der Waals surface area contributed by atoms with Crippen molar-refractivity contribution >= 4 is 22.1 Å². The molecule has 0 aliphatic carbocycles. The van der Waals surface area contributed by atoms with Crippen molar-refractivity contribution in [2.75, 3.05) is 20.3 Å². The van der Waals surface area contributed by atoms with E-state index >= 15 is 0 Å². The molecule has 1 unspecified atom stereocenters. The number of oxime groups is 1. The summed E-state index contributed by atoms with van der Waals surface area (Å²) < 4.78 is 73.4. The lowest BCUT2D eigenvalue weighted by atomic mass is 9.95. The Bertz CT molecular complexity index is 1460. The Morgan fingerprint density at radius 2 is 1.87 bits per heavy atom. The largest absolute Gasteiger partial charge is 0.495 e. The highest BCUT2D eigenvalue weighted by Gasteiger charge is 2.65. The lowest BCUT2D eigenvalue weighted by Crippen LogP contribution is -2.51. The van der Waals surface area contributed by atoms with Crippen LogP contribution in [0.1, 0.15) is 29.7 Å². The fraction of sp³-hybridized carbons (Fsp3) is 0.280. The van der Waals surface area contributed by atoms with Crippen LogP contribution in [0.3, 0.4) is 0 Å². The highest BCUT2D eigenvalue weighted by molar-refractivity contribution is 8.45. The number of hydrogen-bond donors (Lipinski definition) is 1. The van der Waals surface area contributed by atoms with Crippen LogP contribution in [0, 0.1) is 6.92 Å². The van der Waals surface area contributed by atoms with Crippen LogP contribution in [-0.2, 0) is 10.6 Å². The molecule has 1 atom stereocenters. The number of piperidine rings is 1. The van der Waals surface area contributed by atoms with Crippen LogP contribution in [0.2, 0.25) is 0 Å².